The Morgan fingerprint density at radius 1 is 1.32 bits per heavy atom. The van der Waals surface area contributed by atoms with Crippen molar-refractivity contribution >= 4 is 11.9 Å². The third-order valence-corrected chi connectivity index (χ3v) is 4.91. The first-order valence-corrected chi connectivity index (χ1v) is 9.40. The van der Waals surface area contributed by atoms with E-state index >= 15 is 0 Å². The average molecular weight is 399 g/mol. The molecule has 0 unspecified atom stereocenters. The van der Waals surface area contributed by atoms with Crippen molar-refractivity contribution in [3.05, 3.63) is 11.9 Å². The van der Waals surface area contributed by atoms with Crippen molar-refractivity contribution < 1.29 is 29.6 Å². The highest BCUT2D eigenvalue weighted by molar-refractivity contribution is 5.92. The Morgan fingerprint density at radius 3 is 2.57 bits per heavy atom. The van der Waals surface area contributed by atoms with Gasteiger partial charge in [0.05, 0.1) is 24.9 Å². The highest BCUT2D eigenvalue weighted by Gasteiger charge is 2.34. The van der Waals surface area contributed by atoms with Gasteiger partial charge in [0.25, 0.3) is 11.9 Å². The van der Waals surface area contributed by atoms with Crippen LogP contribution in [0.2, 0.25) is 0 Å². The number of aromatic nitrogens is 3. The number of amides is 1. The standard InChI is InChI=1S/C15H25N5O4.C2H4O2/c16-9-1-3-10(4-2-9)20-7-12(18-19-20)15(23)17-11-5-6-24-13(8-21)14(11)22;1-2(3)4/h7,9-11,13-14,21-22H,1-6,8,16H2,(H,17,23);1H3,(H,3,4)/t9?,10?,11-,13+,14-;/m0./s1. The fourth-order valence-electron chi connectivity index (χ4n) is 3.36. The zero-order valence-electron chi connectivity index (χ0n) is 15.9. The third-order valence-electron chi connectivity index (χ3n) is 4.91. The molecule has 0 aromatic carbocycles. The molecule has 11 nitrogen and oxygen atoms in total. The zero-order chi connectivity index (χ0) is 20.7. The number of aliphatic carboxylic acids is 1. The number of carbonyl (C=O) groups excluding carboxylic acids is 1. The maximum Gasteiger partial charge on any atom is 0.300 e. The van der Waals surface area contributed by atoms with Crippen LogP contribution in [-0.2, 0) is 9.53 Å². The molecule has 3 rings (SSSR count). The van der Waals surface area contributed by atoms with Crippen molar-refractivity contribution in [1.29, 1.82) is 0 Å². The number of carboxylic acids is 1. The summed E-state index contributed by atoms with van der Waals surface area (Å²) in [5, 5.41) is 37.5. The molecule has 1 saturated heterocycles. The van der Waals surface area contributed by atoms with E-state index in [2.05, 4.69) is 15.6 Å². The second kappa shape index (κ2) is 10.5. The summed E-state index contributed by atoms with van der Waals surface area (Å²) >= 11 is 0. The van der Waals surface area contributed by atoms with Crippen molar-refractivity contribution in [3.63, 3.8) is 0 Å². The van der Waals surface area contributed by atoms with Gasteiger partial charge in [0.15, 0.2) is 5.69 Å². The first-order valence-electron chi connectivity index (χ1n) is 9.40. The summed E-state index contributed by atoms with van der Waals surface area (Å²) < 4.78 is 6.99. The summed E-state index contributed by atoms with van der Waals surface area (Å²) in [6, 6.07) is 0.00883. The molecule has 158 valence electrons. The number of rotatable bonds is 4. The lowest BCUT2D eigenvalue weighted by molar-refractivity contribution is -0.134. The number of nitrogens with two attached hydrogens (primary N) is 1. The second-order valence-corrected chi connectivity index (χ2v) is 7.12. The number of carboxylic acid groups (broad SMARTS) is 1. The molecule has 1 aromatic rings. The Hall–Kier alpha value is -2.08. The normalized spacial score (nSPS) is 30.1. The predicted octanol–water partition coefficient (Wildman–Crippen LogP) is -0.948. The molecule has 1 aromatic heterocycles. The molecule has 2 heterocycles. The van der Waals surface area contributed by atoms with Gasteiger partial charge in [-0.1, -0.05) is 5.21 Å². The predicted molar refractivity (Wildman–Crippen MR) is 97.5 cm³/mol. The smallest absolute Gasteiger partial charge is 0.300 e. The van der Waals surface area contributed by atoms with Gasteiger partial charge in [-0.2, -0.15) is 0 Å². The Morgan fingerprint density at radius 2 is 1.96 bits per heavy atom. The van der Waals surface area contributed by atoms with Crippen molar-refractivity contribution in [2.75, 3.05) is 13.2 Å². The average Bonchev–Trinajstić information content (AvgIpc) is 3.14. The van der Waals surface area contributed by atoms with Gasteiger partial charge in [-0.3, -0.25) is 9.59 Å². The van der Waals surface area contributed by atoms with Gasteiger partial charge in [-0.05, 0) is 32.1 Å². The SMILES string of the molecule is CC(=O)O.NC1CCC(n2cc(C(=O)N[C@H]3CCO[C@H](CO)[C@H]3O)nn2)CC1. The molecule has 0 bridgehead atoms. The number of aliphatic hydroxyl groups excluding tert-OH is 2. The lowest BCUT2D eigenvalue weighted by atomic mass is 9.92. The Labute approximate surface area is 162 Å². The minimum Gasteiger partial charge on any atom is -0.481 e. The topological polar surface area (TPSA) is 173 Å². The number of carbonyl (C=O) groups is 2. The second-order valence-electron chi connectivity index (χ2n) is 7.12. The molecule has 1 amide bonds. The monoisotopic (exact) mass is 399 g/mol. The zero-order valence-corrected chi connectivity index (χ0v) is 15.9. The summed E-state index contributed by atoms with van der Waals surface area (Å²) in [6.07, 6.45) is 4.27. The van der Waals surface area contributed by atoms with Crippen LogP contribution in [0.4, 0.5) is 0 Å². The molecule has 0 radical (unpaired) electrons. The largest absolute Gasteiger partial charge is 0.481 e. The van der Waals surface area contributed by atoms with Crippen molar-refractivity contribution in [2.45, 2.75) is 69.4 Å². The van der Waals surface area contributed by atoms with Crippen LogP contribution in [0.25, 0.3) is 0 Å². The van der Waals surface area contributed by atoms with Crippen molar-refractivity contribution in [2.24, 2.45) is 5.73 Å². The van der Waals surface area contributed by atoms with Gasteiger partial charge < -0.3 is 31.1 Å². The summed E-state index contributed by atoms with van der Waals surface area (Å²) in [5.41, 5.74) is 6.13. The van der Waals surface area contributed by atoms with E-state index in [4.69, 9.17) is 25.5 Å². The molecule has 2 fully saturated rings. The highest BCUT2D eigenvalue weighted by Crippen LogP contribution is 2.26. The van der Waals surface area contributed by atoms with E-state index in [-0.39, 0.29) is 30.3 Å². The van der Waals surface area contributed by atoms with Gasteiger partial charge in [-0.15, -0.1) is 5.10 Å². The van der Waals surface area contributed by atoms with Gasteiger partial charge in [0.2, 0.25) is 0 Å². The van der Waals surface area contributed by atoms with E-state index in [0.717, 1.165) is 32.6 Å². The van der Waals surface area contributed by atoms with E-state index in [1.54, 1.807) is 10.9 Å². The van der Waals surface area contributed by atoms with Gasteiger partial charge in [-0.25, -0.2) is 4.68 Å². The van der Waals surface area contributed by atoms with Crippen LogP contribution in [0.15, 0.2) is 6.20 Å². The van der Waals surface area contributed by atoms with Gasteiger partial charge in [0.1, 0.15) is 12.2 Å². The molecule has 28 heavy (non-hydrogen) atoms. The molecule has 1 aliphatic carbocycles. The first kappa shape index (κ1) is 22.2. The molecule has 1 aliphatic heterocycles. The Balaban J connectivity index is 0.000000640. The molecule has 11 heteroatoms. The summed E-state index contributed by atoms with van der Waals surface area (Å²) in [7, 11) is 0. The first-order chi connectivity index (χ1) is 13.3. The van der Waals surface area contributed by atoms with E-state index in [9.17, 15) is 9.90 Å². The van der Waals surface area contributed by atoms with Crippen LogP contribution in [0.3, 0.4) is 0 Å². The number of hydrogen-bond donors (Lipinski definition) is 5. The quantitative estimate of drug-likeness (QED) is 0.428. The lowest BCUT2D eigenvalue weighted by Gasteiger charge is -2.34. The number of hydrogen-bond acceptors (Lipinski definition) is 8. The number of aliphatic hydroxyl groups is 2. The fraction of sp³-hybridized carbons (Fsp3) is 0.765. The van der Waals surface area contributed by atoms with E-state index in [1.807, 2.05) is 0 Å². The van der Waals surface area contributed by atoms with Crippen LogP contribution in [0.5, 0.6) is 0 Å². The number of ether oxygens (including phenoxy) is 1. The summed E-state index contributed by atoms with van der Waals surface area (Å²) in [6.45, 7) is 1.18. The van der Waals surface area contributed by atoms with Crippen LogP contribution in [-0.4, -0.2) is 79.7 Å². The molecular weight excluding hydrogens is 370 g/mol. The minimum absolute atomic E-state index is 0.226. The number of nitrogens with zero attached hydrogens (tertiary/aromatic N) is 3. The van der Waals surface area contributed by atoms with Gasteiger partial charge >= 0.3 is 0 Å². The van der Waals surface area contributed by atoms with E-state index < -0.39 is 24.2 Å². The van der Waals surface area contributed by atoms with E-state index in [1.165, 1.54) is 0 Å². The number of nitrogens with one attached hydrogen (secondary N) is 1. The van der Waals surface area contributed by atoms with Crippen LogP contribution < -0.4 is 11.1 Å². The van der Waals surface area contributed by atoms with Crippen molar-refractivity contribution in [3.8, 4) is 0 Å². The molecule has 6 N–H and O–H groups in total. The highest BCUT2D eigenvalue weighted by atomic mass is 16.5. The molecule has 0 spiro atoms. The molecule has 1 saturated carbocycles. The third kappa shape index (κ3) is 6.23. The van der Waals surface area contributed by atoms with Gasteiger partial charge in [0, 0.05) is 19.6 Å². The van der Waals surface area contributed by atoms with Crippen LogP contribution in [0.1, 0.15) is 55.6 Å². The maximum atomic E-state index is 12.3. The van der Waals surface area contributed by atoms with Crippen LogP contribution >= 0.6 is 0 Å². The Kier molecular flexibility index (Phi) is 8.30. The molecular formula is C17H29N5O6. The minimum atomic E-state index is -0.942. The summed E-state index contributed by atoms with van der Waals surface area (Å²) in [4.78, 5) is 21.3. The van der Waals surface area contributed by atoms with Crippen LogP contribution in [0, 0.1) is 0 Å². The molecule has 3 atom stereocenters. The Bertz CT molecular complexity index is 642. The fourth-order valence-corrected chi connectivity index (χ4v) is 3.36. The van der Waals surface area contributed by atoms with E-state index in [0.29, 0.717) is 13.0 Å². The lowest BCUT2D eigenvalue weighted by Crippen LogP contribution is -2.54. The van der Waals surface area contributed by atoms with Crippen molar-refractivity contribution in [1.82, 2.24) is 20.3 Å². The molecule has 2 aliphatic rings. The maximum absolute atomic E-state index is 12.3. The summed E-state index contributed by atoms with van der Waals surface area (Å²) in [5.74, 6) is -1.21.